The largest absolute Gasteiger partial charge is 2.00 e. The molecule has 0 fully saturated rings. The van der Waals surface area contributed by atoms with Gasteiger partial charge in [0.2, 0.25) is 5.78 Å². The zero-order valence-corrected chi connectivity index (χ0v) is 43.1. The van der Waals surface area contributed by atoms with Crippen molar-refractivity contribution in [3.63, 3.8) is 0 Å². The van der Waals surface area contributed by atoms with Crippen molar-refractivity contribution in [1.82, 2.24) is 4.98 Å². The van der Waals surface area contributed by atoms with E-state index in [2.05, 4.69) is 41.2 Å². The average Bonchev–Trinajstić information content (AvgIpc) is 4.01. The number of allylic oxidation sites excluding steroid dienone is 9. The minimum atomic E-state index is -2.74. The number of Topliss-reactive ketones (excluding diaryl/α,β-unsaturated/α-hetero) is 1. The van der Waals surface area contributed by atoms with Crippen molar-refractivity contribution in [2.24, 2.45) is 44.6 Å². The van der Waals surface area contributed by atoms with E-state index in [1.54, 1.807) is 25.2 Å². The quantitative estimate of drug-likeness (QED) is 0.0451. The molecule has 1 aromatic rings. The van der Waals surface area contributed by atoms with Gasteiger partial charge in [0, 0.05) is 40.7 Å². The number of aliphatic hydroxyl groups is 1. The zero-order chi connectivity index (χ0) is 48.0. The number of esters is 2. The van der Waals surface area contributed by atoms with Crippen LogP contribution >= 0.6 is 0 Å². The van der Waals surface area contributed by atoms with Crippen LogP contribution in [0.5, 0.6) is 0 Å². The molecule has 5 heterocycles. The molecule has 0 saturated heterocycles. The van der Waals surface area contributed by atoms with Gasteiger partial charge in [-0.1, -0.05) is 116 Å². The average molecular weight is 923 g/mol. The number of fused-ring (bicyclic) bond motifs is 5. The number of carbonyl (C=O) groups excluding carboxylic acids is 3. The first-order chi connectivity index (χ1) is 31.5. The summed E-state index contributed by atoms with van der Waals surface area (Å²) in [6, 6.07) is 0. The number of aliphatic imine (C=N–C) groups is 3. The third-order valence-corrected chi connectivity index (χ3v) is 14.2. The molecule has 1 aliphatic carbocycles. The second kappa shape index (κ2) is 23.1. The maximum Gasteiger partial charge on any atom is 2.00 e. The predicted octanol–water partition coefficient (Wildman–Crippen LogP) is 8.12. The molecule has 0 radical (unpaired) electrons. The maximum atomic E-state index is 14.4. The van der Waals surface area contributed by atoms with Crippen LogP contribution in [-0.2, 0) is 19.1 Å². The number of aromatic nitrogens is 1. The summed E-state index contributed by atoms with van der Waals surface area (Å²) in [6.07, 6.45) is 21.7. The maximum absolute atomic E-state index is 14.4. The second-order valence-corrected chi connectivity index (χ2v) is 19.5. The fourth-order valence-electron chi connectivity index (χ4n) is 10.1. The van der Waals surface area contributed by atoms with Gasteiger partial charge in [-0.2, -0.15) is 0 Å². The van der Waals surface area contributed by atoms with Crippen molar-refractivity contribution in [3.8, 4) is 0 Å². The zero-order valence-electron chi connectivity index (χ0n) is 41.6. The Bertz CT molecular complexity index is 2560. The van der Waals surface area contributed by atoms with Gasteiger partial charge in [0.05, 0.1) is 35.6 Å². The molecule has 67 heavy (non-hydrogen) atoms. The number of rotatable bonds is 20. The number of ether oxygens (including phenoxy) is 2. The van der Waals surface area contributed by atoms with Crippen molar-refractivity contribution in [1.29, 1.82) is 0 Å². The first kappa shape index (κ1) is 53.3. The van der Waals surface area contributed by atoms with E-state index in [9.17, 15) is 24.6 Å². The first-order valence-corrected chi connectivity index (χ1v) is 24.1. The molecule has 0 amide bonds. The van der Waals surface area contributed by atoms with Crippen molar-refractivity contribution in [2.45, 2.75) is 145 Å². The predicted molar refractivity (Wildman–Crippen MR) is 267 cm³/mol. The smallest absolute Gasteiger partial charge is 0.877 e. The van der Waals surface area contributed by atoms with Crippen LogP contribution in [0.3, 0.4) is 0 Å². The molecule has 12 heteroatoms. The number of carbonyl (C=O) groups is 3. The summed E-state index contributed by atoms with van der Waals surface area (Å²) >= 11 is 0. The summed E-state index contributed by atoms with van der Waals surface area (Å²) in [5.74, 6) is -1.05. The molecule has 0 saturated carbocycles. The monoisotopic (exact) mass is 923 g/mol. The summed E-state index contributed by atoms with van der Waals surface area (Å²) in [6.45, 7) is 23.2. The number of ketones is 1. The molecule has 11 nitrogen and oxygen atoms in total. The molecule has 0 aromatic carbocycles. The topological polar surface area (TPSA) is 164 Å². The molecular weight excluding hydrogens is 853 g/mol. The molecule has 4 aliphatic heterocycles. The Morgan fingerprint density at radius 1 is 0.970 bits per heavy atom. The SMILES string of the molecule is C=CC1=C(C)C2=NC1=CC1=NC(=C(CC)/C1=C\[O-])C=c1[n-]c3c(c1C)C(=O)[C@@](O)(C(=O)OC)C=3C1=NC(=C2)[C@@H](C)[C@@H]1CCC(=O)OC/C=C(\C)CCC[C@H](C)CCC[C@H](C)CCCC(C)C.[Mg+2]. The summed E-state index contributed by atoms with van der Waals surface area (Å²) in [7, 11) is 1.12. The molecule has 5 aliphatic rings. The molecule has 8 bridgehead atoms. The van der Waals surface area contributed by atoms with Crippen LogP contribution in [0.2, 0.25) is 0 Å². The van der Waals surface area contributed by atoms with Gasteiger partial charge in [-0.3, -0.25) is 14.6 Å². The fourth-order valence-corrected chi connectivity index (χ4v) is 10.1. The van der Waals surface area contributed by atoms with Crippen molar-refractivity contribution in [2.75, 3.05) is 13.7 Å². The van der Waals surface area contributed by atoms with E-state index >= 15 is 0 Å². The van der Waals surface area contributed by atoms with Gasteiger partial charge in [-0.25, -0.2) is 14.8 Å². The normalized spacial score (nSPS) is 22.6. The van der Waals surface area contributed by atoms with E-state index in [0.717, 1.165) is 49.2 Å². The molecule has 5 atom stereocenters. The molecule has 6 rings (SSSR count). The Labute approximate surface area is 413 Å². The van der Waals surface area contributed by atoms with E-state index in [4.69, 9.17) is 29.4 Å². The van der Waals surface area contributed by atoms with Crippen LogP contribution in [0.15, 0.2) is 97.1 Å². The van der Waals surface area contributed by atoms with Crippen molar-refractivity contribution < 1.29 is 34.1 Å². The van der Waals surface area contributed by atoms with Gasteiger partial charge >= 0.3 is 35.0 Å². The van der Waals surface area contributed by atoms with E-state index in [1.165, 1.54) is 50.5 Å². The van der Waals surface area contributed by atoms with Gasteiger partial charge in [0.1, 0.15) is 6.61 Å². The molecule has 1 aromatic heterocycles. The van der Waals surface area contributed by atoms with Crippen LogP contribution in [0, 0.1) is 36.5 Å². The van der Waals surface area contributed by atoms with Crippen LogP contribution in [-0.4, -0.2) is 82.3 Å². The Kier molecular flexibility index (Phi) is 18.4. The summed E-state index contributed by atoms with van der Waals surface area (Å²) in [5.41, 5.74) is 4.58. The van der Waals surface area contributed by atoms with Crippen LogP contribution in [0.1, 0.15) is 148 Å². The fraction of sp³-hybridized carbons (Fsp3) is 0.527. The Balaban J connectivity index is 0.00000840. The van der Waals surface area contributed by atoms with Crippen LogP contribution in [0.25, 0.3) is 11.6 Å². The van der Waals surface area contributed by atoms with E-state index in [0.29, 0.717) is 62.9 Å². The number of methoxy groups -OCH3 is 1. The van der Waals surface area contributed by atoms with Crippen molar-refractivity contribution in [3.05, 3.63) is 104 Å². The third kappa shape index (κ3) is 11.3. The Hall–Kier alpha value is -4.65. The number of hydrogen-bond acceptors (Lipinski definition) is 10. The summed E-state index contributed by atoms with van der Waals surface area (Å²) in [5, 5.41) is 25.4. The minimum Gasteiger partial charge on any atom is -0.877 e. The van der Waals surface area contributed by atoms with Gasteiger partial charge in [-0.15, -0.1) is 17.0 Å². The van der Waals surface area contributed by atoms with Crippen LogP contribution < -0.4 is 20.8 Å². The summed E-state index contributed by atoms with van der Waals surface area (Å²) in [4.78, 5) is 61.4. The van der Waals surface area contributed by atoms with Gasteiger partial charge < -0.3 is 24.7 Å². The van der Waals surface area contributed by atoms with E-state index in [1.807, 2.05) is 32.9 Å². The van der Waals surface area contributed by atoms with Gasteiger partial charge in [-0.05, 0) is 99.2 Å². The molecule has 0 unspecified atom stereocenters. The van der Waals surface area contributed by atoms with Gasteiger partial charge in [0.25, 0.3) is 5.60 Å². The van der Waals surface area contributed by atoms with Crippen LogP contribution in [0.4, 0.5) is 0 Å². The number of hydrogen-bond donors (Lipinski definition) is 1. The Morgan fingerprint density at radius 3 is 2.27 bits per heavy atom. The standard InChI is InChI=1S/C55H72N4O7.Mg/c1-12-38-35(8)42-27-43-36(9)40(23-24-48(61)66-26-25-34(7)22-16-21-33(6)20-15-19-32(5)18-14-17-31(3)4)51(58-43)50-52-49(53(62)55(50,64)54(63)65-11)37(10)44(59-52)28-46-39(13-2)41(30-60)47(57-46)29-45(38)56-42;/h12,25,27-33,36,40,64H,1,13-24,26H2,2-11H3,(H2,56,57,58,59,60,62);/q;+2/p-2/b34-25+;/t32-,33-,36+,40+,55-;/m1./s1. The molecule has 0 spiro atoms. The first-order valence-electron chi connectivity index (χ1n) is 24.1. The summed E-state index contributed by atoms with van der Waals surface area (Å²) < 4.78 is 10.8. The molecule has 1 N–H and O–H groups in total. The molecule has 354 valence electrons. The van der Waals surface area contributed by atoms with Crippen molar-refractivity contribution >= 4 is 69.6 Å². The second-order valence-electron chi connectivity index (χ2n) is 19.5. The Morgan fingerprint density at radius 2 is 1.64 bits per heavy atom. The molecular formula is C55H70MgN4O7. The van der Waals surface area contributed by atoms with Gasteiger partial charge in [0.15, 0.2) is 0 Å². The van der Waals surface area contributed by atoms with E-state index < -0.39 is 29.2 Å². The minimum absolute atomic E-state index is 0. The third-order valence-electron chi connectivity index (χ3n) is 14.2. The number of nitrogens with zero attached hydrogens (tertiary/aromatic N) is 4. The van der Waals surface area contributed by atoms with E-state index in [-0.39, 0.29) is 70.6 Å².